The van der Waals surface area contributed by atoms with Crippen molar-refractivity contribution in [2.45, 2.75) is 25.9 Å². The van der Waals surface area contributed by atoms with E-state index in [0.29, 0.717) is 20.6 Å². The monoisotopic (exact) mass is 367 g/mol. The molecular weight excluding hydrogens is 353 g/mol. The molecule has 0 bridgehead atoms. The first-order valence-corrected chi connectivity index (χ1v) is 8.55. The summed E-state index contributed by atoms with van der Waals surface area (Å²) in [5.74, 6) is -0.208. The van der Waals surface area contributed by atoms with Gasteiger partial charge in [0.15, 0.2) is 0 Å². The second kappa shape index (κ2) is 7.80. The molecule has 4 nitrogen and oxygen atoms in total. The van der Waals surface area contributed by atoms with Crippen molar-refractivity contribution >= 4 is 45.4 Å². The summed E-state index contributed by atoms with van der Waals surface area (Å²) in [4.78, 5) is 12.3. The van der Waals surface area contributed by atoms with Crippen molar-refractivity contribution in [3.05, 3.63) is 50.8 Å². The number of benzene rings is 1. The smallest absolute Gasteiger partial charge is 0.241 e. The minimum atomic E-state index is -0.453. The molecule has 0 unspecified atom stereocenters. The Labute approximate surface area is 149 Å². The van der Waals surface area contributed by atoms with Crippen molar-refractivity contribution in [2.24, 2.45) is 0 Å². The van der Waals surface area contributed by atoms with Gasteiger partial charge in [-0.05, 0) is 43.0 Å². The minimum absolute atomic E-state index is 0.126. The Bertz CT molecular complexity index is 754. The third-order valence-electron chi connectivity index (χ3n) is 3.34. The number of amides is 1. The number of hydrogen-bond donors (Lipinski definition) is 2. The molecule has 0 aliphatic heterocycles. The molecule has 0 fully saturated rings. The van der Waals surface area contributed by atoms with E-state index < -0.39 is 6.04 Å². The highest BCUT2D eigenvalue weighted by atomic mass is 35.5. The zero-order valence-corrected chi connectivity index (χ0v) is 14.9. The molecule has 120 valence electrons. The molecule has 1 aromatic heterocycles. The van der Waals surface area contributed by atoms with Gasteiger partial charge in [0.2, 0.25) is 5.91 Å². The number of carbonyl (C=O) groups excluding carboxylic acids is 1. The first kappa shape index (κ1) is 17.8. The summed E-state index contributed by atoms with van der Waals surface area (Å²) in [6.45, 7) is 3.68. The zero-order chi connectivity index (χ0) is 17.0. The largest absolute Gasteiger partial charge is 0.315 e. The van der Waals surface area contributed by atoms with E-state index in [1.165, 1.54) is 11.3 Å². The van der Waals surface area contributed by atoms with Crippen LogP contribution in [0.3, 0.4) is 0 Å². The Morgan fingerprint density at radius 3 is 2.70 bits per heavy atom. The second-order valence-electron chi connectivity index (χ2n) is 5.04. The van der Waals surface area contributed by atoms with Gasteiger partial charge < -0.3 is 5.32 Å². The van der Waals surface area contributed by atoms with Crippen molar-refractivity contribution in [3.63, 3.8) is 0 Å². The van der Waals surface area contributed by atoms with Crippen molar-refractivity contribution in [1.29, 1.82) is 5.26 Å². The average molecular weight is 368 g/mol. The van der Waals surface area contributed by atoms with Gasteiger partial charge in [0.25, 0.3) is 0 Å². The van der Waals surface area contributed by atoms with Crippen LogP contribution in [-0.2, 0) is 4.79 Å². The average Bonchev–Trinajstić information content (AvgIpc) is 2.94. The fraction of sp³-hybridized carbons (Fsp3) is 0.250. The fourth-order valence-corrected chi connectivity index (χ4v) is 3.42. The highest BCUT2D eigenvalue weighted by molar-refractivity contribution is 7.14. The van der Waals surface area contributed by atoms with Crippen LogP contribution in [0.2, 0.25) is 10.0 Å². The van der Waals surface area contributed by atoms with E-state index in [2.05, 4.69) is 10.6 Å². The normalized spacial score (nSPS) is 13.2. The molecule has 2 N–H and O–H groups in total. The molecule has 0 aliphatic carbocycles. The molecule has 0 aliphatic rings. The van der Waals surface area contributed by atoms with E-state index in [1.54, 1.807) is 30.5 Å². The molecule has 0 radical (unpaired) electrons. The quantitative estimate of drug-likeness (QED) is 0.810. The molecule has 1 amide bonds. The summed E-state index contributed by atoms with van der Waals surface area (Å²) < 4.78 is 0. The Balaban J connectivity index is 2.02. The molecule has 7 heteroatoms. The number of hydrogen-bond acceptors (Lipinski definition) is 4. The van der Waals surface area contributed by atoms with Crippen LogP contribution in [0.25, 0.3) is 0 Å². The van der Waals surface area contributed by atoms with Gasteiger partial charge in [-0.3, -0.25) is 10.1 Å². The van der Waals surface area contributed by atoms with Crippen LogP contribution in [0, 0.1) is 11.3 Å². The summed E-state index contributed by atoms with van der Waals surface area (Å²) in [6, 6.07) is 8.41. The van der Waals surface area contributed by atoms with Crippen LogP contribution in [0.1, 0.15) is 31.0 Å². The van der Waals surface area contributed by atoms with Crippen molar-refractivity contribution in [3.8, 4) is 6.07 Å². The second-order valence-corrected chi connectivity index (χ2v) is 6.80. The maximum Gasteiger partial charge on any atom is 0.241 e. The predicted octanol–water partition coefficient (Wildman–Crippen LogP) is 4.60. The first-order valence-electron chi connectivity index (χ1n) is 6.91. The van der Waals surface area contributed by atoms with Gasteiger partial charge in [-0.25, -0.2) is 0 Å². The molecule has 2 rings (SSSR count). The third-order valence-corrected chi connectivity index (χ3v) is 4.74. The zero-order valence-electron chi connectivity index (χ0n) is 12.6. The number of nitrogens with one attached hydrogen (secondary N) is 2. The lowest BCUT2D eigenvalue weighted by Crippen LogP contribution is -2.39. The molecular formula is C16H15Cl2N3OS. The van der Waals surface area contributed by atoms with E-state index in [1.807, 2.05) is 19.1 Å². The topological polar surface area (TPSA) is 64.9 Å². The van der Waals surface area contributed by atoms with Gasteiger partial charge >= 0.3 is 0 Å². The predicted molar refractivity (Wildman–Crippen MR) is 95.1 cm³/mol. The third kappa shape index (κ3) is 4.46. The highest BCUT2D eigenvalue weighted by Crippen LogP contribution is 2.27. The van der Waals surface area contributed by atoms with Gasteiger partial charge in [-0.1, -0.05) is 29.3 Å². The number of carbonyl (C=O) groups is 1. The van der Waals surface area contributed by atoms with Crippen LogP contribution >= 0.6 is 34.5 Å². The van der Waals surface area contributed by atoms with E-state index in [4.69, 9.17) is 28.5 Å². The SMILES string of the molecule is C[C@H](N[C@H](C)C(=O)Nc1sccc1C#N)c1ccc(Cl)cc1Cl. The van der Waals surface area contributed by atoms with Gasteiger partial charge in [-0.15, -0.1) is 11.3 Å². The highest BCUT2D eigenvalue weighted by Gasteiger charge is 2.19. The van der Waals surface area contributed by atoms with Gasteiger partial charge in [0.05, 0.1) is 11.6 Å². The van der Waals surface area contributed by atoms with E-state index in [0.717, 1.165) is 5.56 Å². The summed E-state index contributed by atoms with van der Waals surface area (Å²) in [5, 5.41) is 18.4. The Kier molecular flexibility index (Phi) is 6.03. The molecule has 2 aromatic rings. The molecule has 23 heavy (non-hydrogen) atoms. The van der Waals surface area contributed by atoms with Gasteiger partial charge in [0.1, 0.15) is 11.1 Å². The maximum absolute atomic E-state index is 12.3. The molecule has 0 saturated carbocycles. The van der Waals surface area contributed by atoms with Crippen molar-refractivity contribution < 1.29 is 4.79 Å². The molecule has 0 saturated heterocycles. The lowest BCUT2D eigenvalue weighted by molar-refractivity contribution is -0.117. The number of rotatable bonds is 5. The molecule has 0 spiro atoms. The van der Waals surface area contributed by atoms with E-state index in [9.17, 15) is 4.79 Å². The van der Waals surface area contributed by atoms with Crippen LogP contribution in [0.15, 0.2) is 29.6 Å². The van der Waals surface area contributed by atoms with Crippen molar-refractivity contribution in [2.75, 3.05) is 5.32 Å². The number of anilines is 1. The molecule has 1 heterocycles. The summed E-state index contributed by atoms with van der Waals surface area (Å²) in [7, 11) is 0. The summed E-state index contributed by atoms with van der Waals surface area (Å²) in [6.07, 6.45) is 0. The Morgan fingerprint density at radius 1 is 1.30 bits per heavy atom. The first-order chi connectivity index (χ1) is 10.9. The van der Waals surface area contributed by atoms with Crippen LogP contribution in [0.5, 0.6) is 0 Å². The van der Waals surface area contributed by atoms with Crippen LogP contribution < -0.4 is 10.6 Å². The van der Waals surface area contributed by atoms with E-state index >= 15 is 0 Å². The van der Waals surface area contributed by atoms with Crippen LogP contribution in [0.4, 0.5) is 5.00 Å². The number of halogens is 2. The molecule has 1 aromatic carbocycles. The van der Waals surface area contributed by atoms with Gasteiger partial charge in [-0.2, -0.15) is 5.26 Å². The number of nitriles is 1. The minimum Gasteiger partial charge on any atom is -0.315 e. The fourth-order valence-electron chi connectivity index (χ4n) is 2.11. The lowest BCUT2D eigenvalue weighted by Gasteiger charge is -2.20. The molecule has 2 atom stereocenters. The van der Waals surface area contributed by atoms with Gasteiger partial charge in [0, 0.05) is 16.1 Å². The van der Waals surface area contributed by atoms with E-state index in [-0.39, 0.29) is 11.9 Å². The summed E-state index contributed by atoms with van der Waals surface area (Å²) >= 11 is 13.4. The lowest BCUT2D eigenvalue weighted by atomic mass is 10.1. The summed E-state index contributed by atoms with van der Waals surface area (Å²) in [5.41, 5.74) is 1.33. The number of thiophene rings is 1. The van der Waals surface area contributed by atoms with Crippen molar-refractivity contribution in [1.82, 2.24) is 5.32 Å². The maximum atomic E-state index is 12.3. The van der Waals surface area contributed by atoms with Crippen LogP contribution in [-0.4, -0.2) is 11.9 Å². The Morgan fingerprint density at radius 2 is 2.04 bits per heavy atom. The number of nitrogens with zero attached hydrogens (tertiary/aromatic N) is 1. The Hall–Kier alpha value is -1.58. The standard InChI is InChI=1S/C16H15Cl2N3OS/c1-9(13-4-3-12(17)7-14(13)18)20-10(2)15(22)21-16-11(8-19)5-6-23-16/h3-7,9-10,20H,1-2H3,(H,21,22)/t9-,10+/m0/s1.